The minimum Gasteiger partial charge on any atom is -0.369 e. The Morgan fingerprint density at radius 2 is 2.30 bits per heavy atom. The highest BCUT2D eigenvalue weighted by atomic mass is 32.2. The molecule has 2 atom stereocenters. The maximum Gasteiger partial charge on any atom is 0.208 e. The van der Waals surface area contributed by atoms with E-state index in [1.165, 1.54) is 16.7 Å². The first-order valence-electron chi connectivity index (χ1n) is 8.23. The van der Waals surface area contributed by atoms with Crippen molar-refractivity contribution in [3.05, 3.63) is 21.9 Å². The van der Waals surface area contributed by atoms with E-state index >= 15 is 0 Å². The number of nitrogens with zero attached hydrogens (tertiary/aromatic N) is 1. The summed E-state index contributed by atoms with van der Waals surface area (Å²) in [6.45, 7) is 5.58. The fourth-order valence-corrected chi connectivity index (χ4v) is 5.08. The molecule has 0 radical (unpaired) electrons. The summed E-state index contributed by atoms with van der Waals surface area (Å²) in [6, 6.07) is 2.18. The van der Waals surface area contributed by atoms with Gasteiger partial charge in [-0.25, -0.2) is 13.1 Å². The van der Waals surface area contributed by atoms with Crippen LogP contribution in [0.15, 0.2) is 11.4 Å². The van der Waals surface area contributed by atoms with Gasteiger partial charge in [-0.1, -0.05) is 0 Å². The predicted molar refractivity (Wildman–Crippen MR) is 93.3 cm³/mol. The van der Waals surface area contributed by atoms with Crippen LogP contribution >= 0.6 is 11.3 Å². The van der Waals surface area contributed by atoms with Crippen molar-refractivity contribution in [1.82, 2.24) is 9.62 Å². The number of hydrogen-bond acceptors (Lipinski definition) is 5. The first kappa shape index (κ1) is 17.4. The van der Waals surface area contributed by atoms with Crippen LogP contribution in [0.1, 0.15) is 36.1 Å². The van der Waals surface area contributed by atoms with Gasteiger partial charge in [0.05, 0.1) is 18.0 Å². The lowest BCUT2D eigenvalue weighted by atomic mass is 9.90. The maximum atomic E-state index is 11.3. The summed E-state index contributed by atoms with van der Waals surface area (Å²) in [7, 11) is -3.15. The Balaban J connectivity index is 1.56. The number of aryl methyl sites for hydroxylation is 1. The van der Waals surface area contributed by atoms with Crippen LogP contribution in [0, 0.1) is 6.92 Å². The number of sulfonamides is 1. The van der Waals surface area contributed by atoms with Gasteiger partial charge < -0.3 is 4.74 Å². The highest BCUT2D eigenvalue weighted by Crippen LogP contribution is 2.37. The van der Waals surface area contributed by atoms with E-state index in [0.29, 0.717) is 6.54 Å². The van der Waals surface area contributed by atoms with E-state index in [4.69, 9.17) is 4.74 Å². The van der Waals surface area contributed by atoms with Crippen molar-refractivity contribution in [2.75, 3.05) is 25.9 Å². The second kappa shape index (κ2) is 6.80. The summed E-state index contributed by atoms with van der Waals surface area (Å²) in [5.74, 6) is 0. The van der Waals surface area contributed by atoms with Crippen LogP contribution in [-0.4, -0.2) is 50.9 Å². The Hall–Kier alpha value is -0.470. The van der Waals surface area contributed by atoms with E-state index < -0.39 is 10.0 Å². The highest BCUT2D eigenvalue weighted by Gasteiger charge is 2.43. The average molecular weight is 359 g/mol. The van der Waals surface area contributed by atoms with Gasteiger partial charge in [-0.2, -0.15) is 0 Å². The molecule has 3 heterocycles. The molecule has 0 bridgehead atoms. The van der Waals surface area contributed by atoms with Crippen molar-refractivity contribution >= 4 is 21.4 Å². The van der Waals surface area contributed by atoms with Crippen LogP contribution in [0.2, 0.25) is 0 Å². The molecule has 0 aliphatic carbocycles. The summed E-state index contributed by atoms with van der Waals surface area (Å²) in [6.07, 6.45) is 5.39. The molecule has 2 saturated heterocycles. The van der Waals surface area contributed by atoms with E-state index in [-0.39, 0.29) is 11.7 Å². The molecular weight excluding hydrogens is 332 g/mol. The monoisotopic (exact) mass is 358 g/mol. The first-order chi connectivity index (χ1) is 10.9. The average Bonchev–Trinajstić information content (AvgIpc) is 3.04. The Kier molecular flexibility index (Phi) is 5.13. The number of likely N-dealkylation sites (tertiary alicyclic amines) is 1. The van der Waals surface area contributed by atoms with Crippen molar-refractivity contribution in [1.29, 1.82) is 0 Å². The van der Waals surface area contributed by atoms with Gasteiger partial charge >= 0.3 is 0 Å². The molecule has 0 unspecified atom stereocenters. The van der Waals surface area contributed by atoms with Gasteiger partial charge in [0, 0.05) is 31.1 Å². The fraction of sp³-hybridized carbons (Fsp3) is 0.750. The summed E-state index contributed by atoms with van der Waals surface area (Å²) >= 11 is 1.82. The quantitative estimate of drug-likeness (QED) is 0.876. The Bertz CT molecular complexity index is 644. The smallest absolute Gasteiger partial charge is 0.208 e. The van der Waals surface area contributed by atoms with E-state index in [9.17, 15) is 8.42 Å². The van der Waals surface area contributed by atoms with E-state index in [2.05, 4.69) is 28.0 Å². The van der Waals surface area contributed by atoms with Crippen LogP contribution in [0.25, 0.3) is 0 Å². The summed E-state index contributed by atoms with van der Waals surface area (Å²) in [5.41, 5.74) is 1.29. The van der Waals surface area contributed by atoms with Crippen LogP contribution in [0.3, 0.4) is 0 Å². The first-order valence-corrected chi connectivity index (χ1v) is 11.0. The van der Waals surface area contributed by atoms with Crippen molar-refractivity contribution in [2.45, 2.75) is 50.9 Å². The number of thiophene rings is 1. The highest BCUT2D eigenvalue weighted by molar-refractivity contribution is 7.88. The Morgan fingerprint density at radius 1 is 1.48 bits per heavy atom. The molecule has 1 aromatic heterocycles. The molecule has 2 aliphatic rings. The molecule has 2 aliphatic heterocycles. The third-order valence-corrected chi connectivity index (χ3v) is 6.58. The summed E-state index contributed by atoms with van der Waals surface area (Å²) in [4.78, 5) is 3.92. The molecule has 1 aromatic rings. The largest absolute Gasteiger partial charge is 0.369 e. The zero-order chi connectivity index (χ0) is 16.5. The zero-order valence-corrected chi connectivity index (χ0v) is 15.5. The van der Waals surface area contributed by atoms with E-state index in [1.54, 1.807) is 0 Å². The maximum absolute atomic E-state index is 11.3. The minimum atomic E-state index is -3.15. The summed E-state index contributed by atoms with van der Waals surface area (Å²) < 4.78 is 31.5. The van der Waals surface area contributed by atoms with Crippen molar-refractivity contribution in [3.8, 4) is 0 Å². The molecule has 23 heavy (non-hydrogen) atoms. The molecular formula is C16H26N2O3S2. The van der Waals surface area contributed by atoms with Gasteiger partial charge in [-0.05, 0) is 49.6 Å². The van der Waals surface area contributed by atoms with Gasteiger partial charge in [0.15, 0.2) is 0 Å². The van der Waals surface area contributed by atoms with Gasteiger partial charge in [0.2, 0.25) is 10.0 Å². The number of ether oxygens (including phenoxy) is 1. The SMILES string of the molecule is Cc1ccsc1CN1CC[C@]2(CCC[C@@H](CNS(C)(=O)=O)O2)C1. The lowest BCUT2D eigenvalue weighted by Crippen LogP contribution is -2.46. The Labute approximate surface area is 143 Å². The topological polar surface area (TPSA) is 58.6 Å². The second-order valence-electron chi connectivity index (χ2n) is 6.92. The fourth-order valence-electron chi connectivity index (χ4n) is 3.64. The molecule has 1 N–H and O–H groups in total. The molecule has 0 saturated carbocycles. The molecule has 3 rings (SSSR count). The van der Waals surface area contributed by atoms with Crippen molar-refractivity contribution in [2.24, 2.45) is 0 Å². The van der Waals surface area contributed by atoms with E-state index in [1.807, 2.05) is 11.3 Å². The Morgan fingerprint density at radius 3 is 3.00 bits per heavy atom. The van der Waals surface area contributed by atoms with Crippen LogP contribution < -0.4 is 4.72 Å². The van der Waals surface area contributed by atoms with E-state index in [0.717, 1.165) is 45.3 Å². The lowest BCUT2D eigenvalue weighted by molar-refractivity contribution is -0.118. The molecule has 0 amide bonds. The number of hydrogen-bond donors (Lipinski definition) is 1. The molecule has 1 spiro atoms. The second-order valence-corrected chi connectivity index (χ2v) is 9.76. The third-order valence-electron chi connectivity index (χ3n) is 4.88. The lowest BCUT2D eigenvalue weighted by Gasteiger charge is -2.38. The van der Waals surface area contributed by atoms with Crippen LogP contribution in [0.4, 0.5) is 0 Å². The van der Waals surface area contributed by atoms with Crippen molar-refractivity contribution in [3.63, 3.8) is 0 Å². The van der Waals surface area contributed by atoms with Gasteiger partial charge in [-0.15, -0.1) is 11.3 Å². The molecule has 2 fully saturated rings. The third kappa shape index (κ3) is 4.54. The van der Waals surface area contributed by atoms with Gasteiger partial charge in [0.25, 0.3) is 0 Å². The zero-order valence-electron chi connectivity index (χ0n) is 13.9. The van der Waals surface area contributed by atoms with Gasteiger partial charge in [-0.3, -0.25) is 4.90 Å². The number of rotatable bonds is 5. The normalized spacial score (nSPS) is 29.4. The summed E-state index contributed by atoms with van der Waals surface area (Å²) in [5, 5.41) is 2.15. The van der Waals surface area contributed by atoms with Crippen LogP contribution in [-0.2, 0) is 21.3 Å². The number of nitrogens with one attached hydrogen (secondary N) is 1. The molecule has 130 valence electrons. The van der Waals surface area contributed by atoms with Gasteiger partial charge in [0.1, 0.15) is 0 Å². The minimum absolute atomic E-state index is 0.00176. The van der Waals surface area contributed by atoms with Crippen molar-refractivity contribution < 1.29 is 13.2 Å². The standard InChI is InChI=1S/C16H26N2O3S2/c1-13-5-9-22-15(13)11-18-8-7-16(12-18)6-3-4-14(21-16)10-17-23(2,19)20/h5,9,14,17H,3-4,6-8,10-12H2,1-2H3/t14-,16+/m0/s1. The molecule has 0 aromatic carbocycles. The molecule has 5 nitrogen and oxygen atoms in total. The molecule has 7 heteroatoms. The predicted octanol–water partition coefficient (Wildman–Crippen LogP) is 2.12. The van der Waals surface area contributed by atoms with Crippen LogP contribution in [0.5, 0.6) is 0 Å².